The number of fused-ring (bicyclic) bond motifs is 1. The predicted molar refractivity (Wildman–Crippen MR) is 103 cm³/mol. The Balaban J connectivity index is 2.01. The van der Waals surface area contributed by atoms with Crippen LogP contribution in [-0.2, 0) is 7.05 Å². The van der Waals surface area contributed by atoms with E-state index >= 15 is 0 Å². The third-order valence-electron chi connectivity index (χ3n) is 3.92. The minimum absolute atomic E-state index is 0.148. The average molecular weight is 378 g/mol. The summed E-state index contributed by atoms with van der Waals surface area (Å²) in [6.07, 6.45) is 1.76. The number of rotatable bonds is 5. The van der Waals surface area contributed by atoms with Crippen molar-refractivity contribution in [1.29, 1.82) is 0 Å². The zero-order chi connectivity index (χ0) is 18.1. The summed E-state index contributed by atoms with van der Waals surface area (Å²) in [6.45, 7) is 3.21. The number of likely N-dealkylation sites (N-methyl/N-ethyl adjacent to an activating group) is 1. The molecule has 0 aliphatic rings. The number of halogens is 1. The molecule has 0 N–H and O–H groups in total. The van der Waals surface area contributed by atoms with Gasteiger partial charge in [-0.3, -0.25) is 14.4 Å². The number of hydrogen-bond acceptors (Lipinski definition) is 5. The highest BCUT2D eigenvalue weighted by Crippen LogP contribution is 2.33. The Hall–Kier alpha value is -1.96. The van der Waals surface area contributed by atoms with Crippen molar-refractivity contribution in [3.63, 3.8) is 0 Å². The highest BCUT2D eigenvalue weighted by atomic mass is 35.5. The molecule has 2 aromatic heterocycles. The first kappa shape index (κ1) is 17.8. The topological polar surface area (TPSA) is 54.3 Å². The van der Waals surface area contributed by atoms with Crippen molar-refractivity contribution >= 4 is 44.2 Å². The molecular weight excluding hydrogens is 358 g/mol. The van der Waals surface area contributed by atoms with Crippen LogP contribution in [0.15, 0.2) is 24.4 Å². The van der Waals surface area contributed by atoms with Crippen molar-refractivity contribution in [3.8, 4) is 0 Å². The Bertz CT molecular complexity index is 917. The number of thiazole rings is 1. The molecule has 3 rings (SSSR count). The van der Waals surface area contributed by atoms with Crippen molar-refractivity contribution in [3.05, 3.63) is 40.7 Å². The van der Waals surface area contributed by atoms with Crippen molar-refractivity contribution in [2.75, 3.05) is 32.1 Å². The van der Waals surface area contributed by atoms with E-state index in [4.69, 9.17) is 16.6 Å². The van der Waals surface area contributed by atoms with Crippen LogP contribution in [-0.4, -0.2) is 52.8 Å². The Labute approximate surface area is 155 Å². The highest BCUT2D eigenvalue weighted by molar-refractivity contribution is 7.22. The Kier molecular flexibility index (Phi) is 5.08. The number of aryl methyl sites for hydroxylation is 2. The molecule has 0 radical (unpaired) electrons. The molecule has 0 aliphatic heterocycles. The van der Waals surface area contributed by atoms with E-state index < -0.39 is 0 Å². The first-order valence-corrected chi connectivity index (χ1v) is 9.08. The number of hydrogen-bond donors (Lipinski definition) is 0. The quantitative estimate of drug-likeness (QED) is 0.685. The van der Waals surface area contributed by atoms with Gasteiger partial charge in [-0.15, -0.1) is 0 Å². The zero-order valence-corrected chi connectivity index (χ0v) is 16.2. The van der Waals surface area contributed by atoms with Gasteiger partial charge in [-0.2, -0.15) is 5.10 Å². The van der Waals surface area contributed by atoms with Crippen LogP contribution in [0.3, 0.4) is 0 Å². The van der Waals surface area contributed by atoms with Crippen LogP contribution >= 0.6 is 22.9 Å². The van der Waals surface area contributed by atoms with E-state index in [1.54, 1.807) is 28.9 Å². The van der Waals surface area contributed by atoms with E-state index in [9.17, 15) is 4.79 Å². The number of carbonyl (C=O) groups is 1. The van der Waals surface area contributed by atoms with Crippen molar-refractivity contribution in [2.24, 2.45) is 7.05 Å². The van der Waals surface area contributed by atoms with Crippen molar-refractivity contribution in [1.82, 2.24) is 19.7 Å². The van der Waals surface area contributed by atoms with Gasteiger partial charge in [0, 0.05) is 31.4 Å². The molecule has 1 aromatic carbocycles. The van der Waals surface area contributed by atoms with E-state index in [1.165, 1.54) is 11.3 Å². The van der Waals surface area contributed by atoms with Crippen LogP contribution in [0.25, 0.3) is 10.2 Å². The lowest BCUT2D eigenvalue weighted by Gasteiger charge is -2.21. The van der Waals surface area contributed by atoms with Gasteiger partial charge in [0.25, 0.3) is 5.91 Å². The lowest BCUT2D eigenvalue weighted by atomic mass is 10.2. The van der Waals surface area contributed by atoms with Gasteiger partial charge < -0.3 is 4.90 Å². The van der Waals surface area contributed by atoms with Gasteiger partial charge in [-0.05, 0) is 44.8 Å². The summed E-state index contributed by atoms with van der Waals surface area (Å²) in [5, 5.41) is 5.58. The second-order valence-corrected chi connectivity index (χ2v) is 7.57. The van der Waals surface area contributed by atoms with E-state index in [1.807, 2.05) is 38.1 Å². The lowest BCUT2D eigenvalue weighted by molar-refractivity contribution is 0.0979. The Morgan fingerprint density at radius 3 is 2.68 bits per heavy atom. The lowest BCUT2D eigenvalue weighted by Crippen LogP contribution is -2.37. The largest absolute Gasteiger partial charge is 0.308 e. The van der Waals surface area contributed by atoms with Gasteiger partial charge >= 0.3 is 0 Å². The van der Waals surface area contributed by atoms with Crippen molar-refractivity contribution in [2.45, 2.75) is 6.92 Å². The Morgan fingerprint density at radius 2 is 2.04 bits per heavy atom. The summed E-state index contributed by atoms with van der Waals surface area (Å²) in [6, 6.07) is 5.54. The highest BCUT2D eigenvalue weighted by Gasteiger charge is 2.23. The zero-order valence-electron chi connectivity index (χ0n) is 14.7. The maximum Gasteiger partial charge on any atom is 0.280 e. The molecule has 2 heterocycles. The molecule has 0 bridgehead atoms. The average Bonchev–Trinajstić information content (AvgIpc) is 3.17. The fraction of sp³-hybridized carbons (Fsp3) is 0.353. The molecule has 0 aliphatic carbocycles. The molecule has 1 amide bonds. The van der Waals surface area contributed by atoms with Gasteiger partial charge in [0.15, 0.2) is 10.8 Å². The molecule has 0 spiro atoms. The van der Waals surface area contributed by atoms with E-state index in [2.05, 4.69) is 5.10 Å². The third-order valence-corrected chi connectivity index (χ3v) is 5.37. The number of amides is 1. The standard InChI is InChI=1S/C17H20ClN5OS/c1-11-12(18)5-6-14-15(11)19-17(25-14)23(10-9-21(2)3)16(24)13-7-8-22(4)20-13/h5-8H,9-10H2,1-4H3. The van der Waals surface area contributed by atoms with Gasteiger partial charge in [-0.25, -0.2) is 4.98 Å². The molecule has 0 fully saturated rings. The van der Waals surface area contributed by atoms with Gasteiger partial charge in [-0.1, -0.05) is 22.9 Å². The second kappa shape index (κ2) is 7.11. The maximum absolute atomic E-state index is 13.0. The van der Waals surface area contributed by atoms with Crippen LogP contribution < -0.4 is 4.90 Å². The molecule has 3 aromatic rings. The summed E-state index contributed by atoms with van der Waals surface area (Å²) >= 11 is 7.70. The van der Waals surface area contributed by atoms with Gasteiger partial charge in [0.1, 0.15) is 0 Å². The molecule has 6 nitrogen and oxygen atoms in total. The number of nitrogens with zero attached hydrogens (tertiary/aromatic N) is 5. The van der Waals surface area contributed by atoms with Crippen LogP contribution in [0, 0.1) is 6.92 Å². The van der Waals surface area contributed by atoms with Crippen molar-refractivity contribution < 1.29 is 4.79 Å². The monoisotopic (exact) mass is 377 g/mol. The Morgan fingerprint density at radius 1 is 1.28 bits per heavy atom. The van der Waals surface area contributed by atoms with Gasteiger partial charge in [0.2, 0.25) is 0 Å². The fourth-order valence-electron chi connectivity index (χ4n) is 2.46. The van der Waals surface area contributed by atoms with E-state index in [0.29, 0.717) is 22.4 Å². The van der Waals surface area contributed by atoms with E-state index in [0.717, 1.165) is 22.3 Å². The number of carbonyl (C=O) groups excluding carboxylic acids is 1. The van der Waals surface area contributed by atoms with Crippen LogP contribution in [0.5, 0.6) is 0 Å². The predicted octanol–water partition coefficient (Wildman–Crippen LogP) is 3.20. The van der Waals surface area contributed by atoms with Crippen LogP contribution in [0.4, 0.5) is 5.13 Å². The number of anilines is 1. The molecular formula is C17H20ClN5OS. The number of benzene rings is 1. The molecule has 0 saturated heterocycles. The molecule has 132 valence electrons. The van der Waals surface area contributed by atoms with E-state index in [-0.39, 0.29) is 5.91 Å². The SMILES string of the molecule is Cc1c(Cl)ccc2sc(N(CCN(C)C)C(=O)c3ccn(C)n3)nc12. The molecule has 0 unspecified atom stereocenters. The third kappa shape index (κ3) is 3.68. The summed E-state index contributed by atoms with van der Waals surface area (Å²) in [4.78, 5) is 21.4. The molecule has 25 heavy (non-hydrogen) atoms. The van der Waals surface area contributed by atoms with Gasteiger partial charge in [0.05, 0.1) is 10.2 Å². The first-order chi connectivity index (χ1) is 11.9. The summed E-state index contributed by atoms with van der Waals surface area (Å²) < 4.78 is 2.64. The normalized spacial score (nSPS) is 11.4. The maximum atomic E-state index is 13.0. The number of aromatic nitrogens is 3. The van der Waals surface area contributed by atoms with Crippen LogP contribution in [0.1, 0.15) is 16.1 Å². The summed E-state index contributed by atoms with van der Waals surface area (Å²) in [5.41, 5.74) is 2.19. The minimum Gasteiger partial charge on any atom is -0.308 e. The fourth-order valence-corrected chi connectivity index (χ4v) is 3.66. The first-order valence-electron chi connectivity index (χ1n) is 7.88. The summed E-state index contributed by atoms with van der Waals surface area (Å²) in [5.74, 6) is -0.148. The minimum atomic E-state index is -0.148. The summed E-state index contributed by atoms with van der Waals surface area (Å²) in [7, 11) is 5.75. The molecule has 8 heteroatoms. The second-order valence-electron chi connectivity index (χ2n) is 6.15. The van der Waals surface area contributed by atoms with Crippen LogP contribution in [0.2, 0.25) is 5.02 Å². The smallest absolute Gasteiger partial charge is 0.280 e. The molecule has 0 atom stereocenters. The molecule has 0 saturated carbocycles.